The first-order chi connectivity index (χ1) is 5.29. The summed E-state index contributed by atoms with van der Waals surface area (Å²) in [6.07, 6.45) is 1.53. The molecule has 60 valence electrons. The topological polar surface area (TPSA) is 68.1 Å². The van der Waals surface area contributed by atoms with Gasteiger partial charge in [-0.25, -0.2) is 0 Å². The maximum Gasteiger partial charge on any atom is 0.199 e. The van der Waals surface area contributed by atoms with Crippen LogP contribution in [-0.2, 0) is 6.54 Å². The second kappa shape index (κ2) is 3.21. The molecule has 0 bridgehead atoms. The molecule has 0 aliphatic carbocycles. The zero-order chi connectivity index (χ0) is 8.27. The number of hydrogen-bond donors (Lipinski definition) is 2. The molecule has 1 aromatic rings. The van der Waals surface area contributed by atoms with E-state index in [1.165, 1.54) is 19.4 Å². The Morgan fingerprint density at radius 1 is 1.73 bits per heavy atom. The van der Waals surface area contributed by atoms with Gasteiger partial charge in [-0.2, -0.15) is 0 Å². The average Bonchev–Trinajstić information content (AvgIpc) is 2.04. The van der Waals surface area contributed by atoms with Crippen molar-refractivity contribution in [3.05, 3.63) is 28.0 Å². The summed E-state index contributed by atoms with van der Waals surface area (Å²) in [5, 5.41) is 0. The Labute approximate surface area is 64.0 Å². The fourth-order valence-electron chi connectivity index (χ4n) is 0.868. The summed E-state index contributed by atoms with van der Waals surface area (Å²) >= 11 is 0. The van der Waals surface area contributed by atoms with Gasteiger partial charge in [0.1, 0.15) is 0 Å². The Morgan fingerprint density at radius 2 is 2.45 bits per heavy atom. The van der Waals surface area contributed by atoms with Crippen LogP contribution < -0.4 is 15.9 Å². The molecular weight excluding hydrogens is 144 g/mol. The minimum absolute atomic E-state index is 0.0944. The number of pyridine rings is 1. The molecule has 1 rings (SSSR count). The maximum atomic E-state index is 11.0. The zero-order valence-corrected chi connectivity index (χ0v) is 6.26. The third-order valence-electron chi connectivity index (χ3n) is 1.43. The van der Waals surface area contributed by atoms with Gasteiger partial charge in [0.15, 0.2) is 11.3 Å². The van der Waals surface area contributed by atoms with E-state index in [9.17, 15) is 4.79 Å². The Bertz CT molecular complexity index is 293. The molecule has 1 aromatic heterocycles. The number of nitrogens with one attached hydrogen (secondary N) is 1. The molecule has 3 N–H and O–H groups in total. The van der Waals surface area contributed by atoms with Gasteiger partial charge < -0.3 is 15.5 Å². The van der Waals surface area contributed by atoms with Crippen LogP contribution in [0.25, 0.3) is 0 Å². The van der Waals surface area contributed by atoms with Crippen molar-refractivity contribution in [3.8, 4) is 5.88 Å². The molecule has 0 fully saturated rings. The van der Waals surface area contributed by atoms with E-state index in [0.29, 0.717) is 11.4 Å². The van der Waals surface area contributed by atoms with Crippen molar-refractivity contribution in [2.75, 3.05) is 7.11 Å². The number of rotatable bonds is 2. The lowest BCUT2D eigenvalue weighted by Gasteiger charge is -2.03. The van der Waals surface area contributed by atoms with Gasteiger partial charge in [0.2, 0.25) is 0 Å². The smallest absolute Gasteiger partial charge is 0.199 e. The number of aromatic nitrogens is 1. The van der Waals surface area contributed by atoms with Crippen molar-refractivity contribution >= 4 is 0 Å². The summed E-state index contributed by atoms with van der Waals surface area (Å²) in [6, 6.07) is 1.42. The fraction of sp³-hybridized carbons (Fsp3) is 0.286. The van der Waals surface area contributed by atoms with Crippen LogP contribution in [0.4, 0.5) is 0 Å². The first kappa shape index (κ1) is 7.81. The highest BCUT2D eigenvalue weighted by Gasteiger charge is 2.03. The molecule has 4 heteroatoms. The van der Waals surface area contributed by atoms with Crippen LogP contribution in [-0.4, -0.2) is 12.1 Å². The third-order valence-corrected chi connectivity index (χ3v) is 1.43. The van der Waals surface area contributed by atoms with Crippen LogP contribution in [0.2, 0.25) is 0 Å². The lowest BCUT2D eigenvalue weighted by Crippen LogP contribution is -2.14. The van der Waals surface area contributed by atoms with Crippen molar-refractivity contribution in [3.63, 3.8) is 0 Å². The van der Waals surface area contributed by atoms with E-state index in [1.807, 2.05) is 0 Å². The zero-order valence-electron chi connectivity index (χ0n) is 6.26. The van der Waals surface area contributed by atoms with Crippen molar-refractivity contribution in [1.29, 1.82) is 0 Å². The summed E-state index contributed by atoms with van der Waals surface area (Å²) in [5.41, 5.74) is 5.71. The Morgan fingerprint density at radius 3 is 2.91 bits per heavy atom. The van der Waals surface area contributed by atoms with Crippen LogP contribution in [0, 0.1) is 0 Å². The highest BCUT2D eigenvalue weighted by molar-refractivity contribution is 5.24. The maximum absolute atomic E-state index is 11.0. The number of nitrogens with two attached hydrogens (primary N) is 1. The van der Waals surface area contributed by atoms with E-state index in [-0.39, 0.29) is 12.0 Å². The van der Waals surface area contributed by atoms with Crippen molar-refractivity contribution in [2.45, 2.75) is 6.54 Å². The van der Waals surface area contributed by atoms with Gasteiger partial charge in [-0.1, -0.05) is 0 Å². The molecule has 11 heavy (non-hydrogen) atoms. The lowest BCUT2D eigenvalue weighted by atomic mass is 10.2. The van der Waals surface area contributed by atoms with Crippen LogP contribution in [0.15, 0.2) is 17.1 Å². The van der Waals surface area contributed by atoms with Crippen LogP contribution in [0.3, 0.4) is 0 Å². The van der Waals surface area contributed by atoms with Gasteiger partial charge in [-0.3, -0.25) is 4.79 Å². The molecule has 0 saturated carbocycles. The van der Waals surface area contributed by atoms with Gasteiger partial charge in [0.05, 0.1) is 12.7 Å². The van der Waals surface area contributed by atoms with E-state index >= 15 is 0 Å². The molecule has 0 aromatic carbocycles. The molecule has 0 aliphatic heterocycles. The molecule has 0 saturated heterocycles. The number of methoxy groups -OCH3 is 1. The van der Waals surface area contributed by atoms with E-state index in [4.69, 9.17) is 10.5 Å². The summed E-state index contributed by atoms with van der Waals surface area (Å²) in [7, 11) is 1.49. The molecule has 0 aliphatic rings. The summed E-state index contributed by atoms with van der Waals surface area (Å²) in [6.45, 7) is 0.194. The first-order valence-electron chi connectivity index (χ1n) is 3.24. The average molecular weight is 154 g/mol. The molecule has 0 unspecified atom stereocenters. The van der Waals surface area contributed by atoms with Gasteiger partial charge in [0, 0.05) is 18.8 Å². The van der Waals surface area contributed by atoms with Crippen molar-refractivity contribution in [2.24, 2.45) is 5.73 Å². The molecule has 1 heterocycles. The normalized spacial score (nSPS) is 9.64. The highest BCUT2D eigenvalue weighted by atomic mass is 16.5. The predicted molar refractivity (Wildman–Crippen MR) is 41.5 cm³/mol. The van der Waals surface area contributed by atoms with Crippen LogP contribution in [0.1, 0.15) is 5.56 Å². The standard InChI is InChI=1S/C7H10N2O2/c1-11-7-5(4-8)6(10)2-3-9-7/h2-3H,4,8H2,1H3,(H,9,10). The highest BCUT2D eigenvalue weighted by Crippen LogP contribution is 2.06. The number of ether oxygens (including phenoxy) is 1. The second-order valence-corrected chi connectivity index (χ2v) is 2.06. The molecule has 0 radical (unpaired) electrons. The summed E-state index contributed by atoms with van der Waals surface area (Å²) in [5.74, 6) is 0.444. The van der Waals surface area contributed by atoms with E-state index in [1.54, 1.807) is 0 Å². The minimum Gasteiger partial charge on any atom is -0.482 e. The molecule has 0 amide bonds. The molecule has 0 atom stereocenters. The fourth-order valence-corrected chi connectivity index (χ4v) is 0.868. The second-order valence-electron chi connectivity index (χ2n) is 2.06. The van der Waals surface area contributed by atoms with E-state index < -0.39 is 0 Å². The van der Waals surface area contributed by atoms with Gasteiger partial charge >= 0.3 is 0 Å². The first-order valence-corrected chi connectivity index (χ1v) is 3.24. The summed E-state index contributed by atoms with van der Waals surface area (Å²) < 4.78 is 4.88. The largest absolute Gasteiger partial charge is 0.482 e. The van der Waals surface area contributed by atoms with E-state index in [2.05, 4.69) is 4.98 Å². The summed E-state index contributed by atoms with van der Waals surface area (Å²) in [4.78, 5) is 13.8. The number of aromatic amines is 1. The van der Waals surface area contributed by atoms with Gasteiger partial charge in [-0.15, -0.1) is 0 Å². The van der Waals surface area contributed by atoms with Crippen molar-refractivity contribution < 1.29 is 4.74 Å². The Balaban J connectivity index is 3.24. The Kier molecular flexibility index (Phi) is 2.28. The monoisotopic (exact) mass is 154 g/mol. The van der Waals surface area contributed by atoms with Crippen LogP contribution in [0.5, 0.6) is 5.88 Å². The third kappa shape index (κ3) is 1.40. The molecule has 0 spiro atoms. The lowest BCUT2D eigenvalue weighted by molar-refractivity contribution is 0.392. The molecular formula is C7H10N2O2. The van der Waals surface area contributed by atoms with Gasteiger partial charge in [-0.05, 0) is 0 Å². The predicted octanol–water partition coefficient (Wildman–Crippen LogP) is -0.158. The number of H-pyrrole nitrogens is 1. The van der Waals surface area contributed by atoms with E-state index in [0.717, 1.165) is 0 Å². The van der Waals surface area contributed by atoms with Crippen molar-refractivity contribution in [1.82, 2.24) is 4.98 Å². The minimum atomic E-state index is -0.0944. The number of hydrogen-bond acceptors (Lipinski definition) is 3. The van der Waals surface area contributed by atoms with Gasteiger partial charge in [0.25, 0.3) is 0 Å². The molecule has 4 nitrogen and oxygen atoms in total. The van der Waals surface area contributed by atoms with Crippen LogP contribution >= 0.6 is 0 Å². The quantitative estimate of drug-likeness (QED) is 0.622. The Hall–Kier alpha value is -1.29. The SMILES string of the molecule is COc1[nH]ccc(=O)c1CN.